The Bertz CT molecular complexity index is 173. The topological polar surface area (TPSA) is 24.8 Å². The molecule has 62 valence electrons. The lowest BCUT2D eigenvalue weighted by atomic mass is 9.82. The van der Waals surface area contributed by atoms with Crippen molar-refractivity contribution in [2.75, 3.05) is 26.8 Å². The van der Waals surface area contributed by atoms with Gasteiger partial charge in [0.05, 0.1) is 0 Å². The van der Waals surface area contributed by atoms with E-state index in [0.717, 1.165) is 32.6 Å². The van der Waals surface area contributed by atoms with E-state index in [-0.39, 0.29) is 0 Å². The molecule has 0 N–H and O–H groups in total. The normalized spacial score (nSPS) is 28.3. The van der Waals surface area contributed by atoms with E-state index in [2.05, 4.69) is 11.3 Å². The first-order chi connectivity index (χ1) is 5.31. The Morgan fingerprint density at radius 3 is 2.73 bits per heavy atom. The molecule has 2 aliphatic rings. The van der Waals surface area contributed by atoms with Gasteiger partial charge in [0.2, 0.25) is 0 Å². The highest BCUT2D eigenvalue weighted by Gasteiger charge is 2.35. The first-order valence-electron chi connectivity index (χ1n) is 4.15. The standard InChI is InChI=1S/C8H14N2O/c1-10-7-8(6-9-10)2-4-11-5-3-8/h6H,2-5,7H2,1H3. The Hall–Kier alpha value is -0.570. The molecule has 0 amide bonds. The lowest BCUT2D eigenvalue weighted by Crippen LogP contribution is -2.34. The summed E-state index contributed by atoms with van der Waals surface area (Å²) < 4.78 is 5.31. The Morgan fingerprint density at radius 1 is 1.45 bits per heavy atom. The van der Waals surface area contributed by atoms with Gasteiger partial charge in [0.1, 0.15) is 0 Å². The molecule has 1 fully saturated rings. The van der Waals surface area contributed by atoms with Crippen LogP contribution in [-0.2, 0) is 4.74 Å². The van der Waals surface area contributed by atoms with Crippen LogP contribution in [0.25, 0.3) is 0 Å². The fourth-order valence-electron chi connectivity index (χ4n) is 1.82. The van der Waals surface area contributed by atoms with Crippen LogP contribution in [0.4, 0.5) is 0 Å². The van der Waals surface area contributed by atoms with Gasteiger partial charge in [0.15, 0.2) is 0 Å². The van der Waals surface area contributed by atoms with Crippen LogP contribution in [0.5, 0.6) is 0 Å². The van der Waals surface area contributed by atoms with E-state index in [1.54, 1.807) is 0 Å². The van der Waals surface area contributed by atoms with Crippen LogP contribution in [0.1, 0.15) is 12.8 Å². The minimum absolute atomic E-state index is 0.354. The van der Waals surface area contributed by atoms with Crippen molar-refractivity contribution in [3.05, 3.63) is 0 Å². The summed E-state index contributed by atoms with van der Waals surface area (Å²) in [4.78, 5) is 0. The van der Waals surface area contributed by atoms with Crippen molar-refractivity contribution in [1.82, 2.24) is 5.01 Å². The van der Waals surface area contributed by atoms with Crippen molar-refractivity contribution in [1.29, 1.82) is 0 Å². The van der Waals surface area contributed by atoms with Gasteiger partial charge in [-0.2, -0.15) is 5.10 Å². The number of hydrazone groups is 1. The largest absolute Gasteiger partial charge is 0.381 e. The van der Waals surface area contributed by atoms with Crippen LogP contribution in [0.2, 0.25) is 0 Å². The van der Waals surface area contributed by atoms with Crippen LogP contribution in [0.15, 0.2) is 5.10 Å². The number of ether oxygens (including phenoxy) is 1. The highest BCUT2D eigenvalue weighted by molar-refractivity contribution is 5.67. The highest BCUT2D eigenvalue weighted by Crippen LogP contribution is 2.32. The molecular weight excluding hydrogens is 140 g/mol. The third-order valence-electron chi connectivity index (χ3n) is 2.56. The second-order valence-electron chi connectivity index (χ2n) is 3.54. The Labute approximate surface area is 67.0 Å². The molecule has 0 unspecified atom stereocenters. The van der Waals surface area contributed by atoms with Crippen molar-refractivity contribution in [3.63, 3.8) is 0 Å². The zero-order valence-corrected chi connectivity index (χ0v) is 6.92. The van der Waals surface area contributed by atoms with Crippen molar-refractivity contribution in [3.8, 4) is 0 Å². The van der Waals surface area contributed by atoms with E-state index in [0.29, 0.717) is 5.41 Å². The molecule has 1 spiro atoms. The van der Waals surface area contributed by atoms with Crippen LogP contribution < -0.4 is 0 Å². The molecule has 0 saturated carbocycles. The van der Waals surface area contributed by atoms with Gasteiger partial charge in [-0.1, -0.05) is 0 Å². The van der Waals surface area contributed by atoms with E-state index in [9.17, 15) is 0 Å². The number of hydrogen-bond donors (Lipinski definition) is 0. The van der Waals surface area contributed by atoms with Gasteiger partial charge in [-0.25, -0.2) is 0 Å². The van der Waals surface area contributed by atoms with E-state index >= 15 is 0 Å². The summed E-state index contributed by atoms with van der Waals surface area (Å²) in [7, 11) is 2.03. The zero-order chi connectivity index (χ0) is 7.73. The molecule has 2 aliphatic heterocycles. The molecule has 0 radical (unpaired) electrons. The van der Waals surface area contributed by atoms with Gasteiger partial charge < -0.3 is 4.74 Å². The fourth-order valence-corrected chi connectivity index (χ4v) is 1.82. The smallest absolute Gasteiger partial charge is 0.0475 e. The summed E-state index contributed by atoms with van der Waals surface area (Å²) in [5.41, 5.74) is 0.354. The second-order valence-corrected chi connectivity index (χ2v) is 3.54. The Balaban J connectivity index is 2.05. The maximum Gasteiger partial charge on any atom is 0.0475 e. The number of nitrogens with zero attached hydrogens (tertiary/aromatic N) is 2. The molecule has 0 atom stereocenters. The molecule has 0 aromatic rings. The maximum absolute atomic E-state index is 5.31. The summed E-state index contributed by atoms with van der Waals surface area (Å²) in [5, 5.41) is 6.28. The predicted molar refractivity (Wildman–Crippen MR) is 43.6 cm³/mol. The average molecular weight is 154 g/mol. The van der Waals surface area contributed by atoms with Gasteiger partial charge in [-0.05, 0) is 12.8 Å². The van der Waals surface area contributed by atoms with Crippen LogP contribution in [0, 0.1) is 5.41 Å². The second kappa shape index (κ2) is 2.48. The molecular formula is C8H14N2O. The molecule has 0 bridgehead atoms. The summed E-state index contributed by atoms with van der Waals surface area (Å²) >= 11 is 0. The third-order valence-corrected chi connectivity index (χ3v) is 2.56. The van der Waals surface area contributed by atoms with Crippen molar-refractivity contribution in [2.45, 2.75) is 12.8 Å². The number of hydrogen-bond acceptors (Lipinski definition) is 3. The van der Waals surface area contributed by atoms with Gasteiger partial charge in [-0.15, -0.1) is 0 Å². The fraction of sp³-hybridized carbons (Fsp3) is 0.875. The first kappa shape index (κ1) is 7.10. The third kappa shape index (κ3) is 1.25. The van der Waals surface area contributed by atoms with Crippen molar-refractivity contribution < 1.29 is 4.74 Å². The van der Waals surface area contributed by atoms with Gasteiger partial charge in [0, 0.05) is 38.4 Å². The molecule has 3 heteroatoms. The SMILES string of the molecule is CN1CC2(C=N1)CCOCC2. The zero-order valence-electron chi connectivity index (χ0n) is 6.92. The van der Waals surface area contributed by atoms with Gasteiger partial charge in [-0.3, -0.25) is 5.01 Å². The molecule has 1 saturated heterocycles. The minimum Gasteiger partial charge on any atom is -0.381 e. The quantitative estimate of drug-likeness (QED) is 0.513. The lowest BCUT2D eigenvalue weighted by molar-refractivity contribution is 0.0425. The Morgan fingerprint density at radius 2 is 2.18 bits per heavy atom. The molecule has 2 rings (SSSR count). The van der Waals surface area contributed by atoms with E-state index in [4.69, 9.17) is 4.74 Å². The first-order valence-corrected chi connectivity index (χ1v) is 4.15. The molecule has 2 heterocycles. The summed E-state index contributed by atoms with van der Waals surface area (Å²) in [6.45, 7) is 2.88. The molecule has 0 aliphatic carbocycles. The van der Waals surface area contributed by atoms with E-state index < -0.39 is 0 Å². The molecule has 0 aromatic carbocycles. The van der Waals surface area contributed by atoms with Crippen LogP contribution >= 0.6 is 0 Å². The van der Waals surface area contributed by atoms with E-state index in [1.165, 1.54) is 0 Å². The summed E-state index contributed by atoms with van der Waals surface area (Å²) in [6.07, 6.45) is 4.39. The Kier molecular flexibility index (Phi) is 1.60. The minimum atomic E-state index is 0.354. The predicted octanol–water partition coefficient (Wildman–Crippen LogP) is 0.714. The summed E-state index contributed by atoms with van der Waals surface area (Å²) in [6, 6.07) is 0. The van der Waals surface area contributed by atoms with Crippen LogP contribution in [0.3, 0.4) is 0 Å². The van der Waals surface area contributed by atoms with Crippen LogP contribution in [-0.4, -0.2) is 38.0 Å². The molecule has 0 aromatic heterocycles. The highest BCUT2D eigenvalue weighted by atomic mass is 16.5. The number of rotatable bonds is 0. The van der Waals surface area contributed by atoms with E-state index in [1.807, 2.05) is 12.1 Å². The monoisotopic (exact) mass is 154 g/mol. The van der Waals surface area contributed by atoms with Crippen molar-refractivity contribution >= 4 is 6.21 Å². The lowest BCUT2D eigenvalue weighted by Gasteiger charge is -2.30. The maximum atomic E-state index is 5.31. The molecule has 3 nitrogen and oxygen atoms in total. The van der Waals surface area contributed by atoms with Crippen molar-refractivity contribution in [2.24, 2.45) is 10.5 Å². The molecule has 11 heavy (non-hydrogen) atoms. The van der Waals surface area contributed by atoms with Gasteiger partial charge in [0.25, 0.3) is 0 Å². The summed E-state index contributed by atoms with van der Waals surface area (Å²) in [5.74, 6) is 0. The van der Waals surface area contributed by atoms with Gasteiger partial charge >= 0.3 is 0 Å². The average Bonchev–Trinajstić information content (AvgIpc) is 2.34.